The molecule has 0 aromatic heterocycles. The van der Waals surface area contributed by atoms with E-state index in [9.17, 15) is 9.90 Å². The molecule has 0 aliphatic carbocycles. The number of carbonyl (C=O) groups excluding carboxylic acids is 1. The van der Waals surface area contributed by atoms with Crippen LogP contribution in [0.15, 0.2) is 30.9 Å². The number of hydrogen-bond acceptors (Lipinski definition) is 3. The number of aryl methyl sites for hydroxylation is 1. The normalized spacial score (nSPS) is 9.50. The van der Waals surface area contributed by atoms with E-state index in [1.807, 2.05) is 0 Å². The summed E-state index contributed by atoms with van der Waals surface area (Å²) >= 11 is 0. The predicted octanol–water partition coefficient (Wildman–Crippen LogP) is 2.04. The van der Waals surface area contributed by atoms with Gasteiger partial charge in [-0.2, -0.15) is 0 Å². The molecule has 74 valence electrons. The molecular weight excluding hydrogens is 180 g/mol. The first-order chi connectivity index (χ1) is 6.65. The molecule has 1 rings (SSSR count). The van der Waals surface area contributed by atoms with Gasteiger partial charge in [-0.15, -0.1) is 0 Å². The van der Waals surface area contributed by atoms with Crippen molar-refractivity contribution in [3.63, 3.8) is 0 Å². The maximum absolute atomic E-state index is 11.3. The van der Waals surface area contributed by atoms with Gasteiger partial charge < -0.3 is 9.84 Å². The van der Waals surface area contributed by atoms with Crippen LogP contribution in [0.3, 0.4) is 0 Å². The van der Waals surface area contributed by atoms with E-state index < -0.39 is 5.97 Å². The standard InChI is InChI=1S/C11H12O3/c1-3-6-14-11(13)9-4-5-10(12)8(2)7-9/h3-5,7,12H,1,6H2,2H3. The number of phenolic OH excluding ortho intramolecular Hbond substituents is 1. The Kier molecular flexibility index (Phi) is 3.29. The van der Waals surface area contributed by atoms with Crippen LogP contribution >= 0.6 is 0 Å². The van der Waals surface area contributed by atoms with Gasteiger partial charge in [-0.3, -0.25) is 0 Å². The molecule has 0 saturated carbocycles. The zero-order valence-electron chi connectivity index (χ0n) is 7.99. The Morgan fingerprint density at radius 1 is 1.64 bits per heavy atom. The van der Waals surface area contributed by atoms with E-state index in [0.717, 1.165) is 0 Å². The first kappa shape index (κ1) is 10.3. The second-order valence-electron chi connectivity index (χ2n) is 2.89. The molecule has 0 aliphatic rings. The van der Waals surface area contributed by atoms with Crippen LogP contribution in [0.5, 0.6) is 5.75 Å². The summed E-state index contributed by atoms with van der Waals surface area (Å²) in [5, 5.41) is 9.23. The zero-order valence-corrected chi connectivity index (χ0v) is 7.99. The maximum Gasteiger partial charge on any atom is 0.338 e. The molecule has 0 radical (unpaired) electrons. The van der Waals surface area contributed by atoms with Gasteiger partial charge in [0.25, 0.3) is 0 Å². The Morgan fingerprint density at radius 3 is 2.93 bits per heavy atom. The van der Waals surface area contributed by atoms with Crippen LogP contribution in [0, 0.1) is 6.92 Å². The molecule has 0 saturated heterocycles. The largest absolute Gasteiger partial charge is 0.508 e. The lowest BCUT2D eigenvalue weighted by atomic mass is 10.1. The lowest BCUT2D eigenvalue weighted by Gasteiger charge is -2.03. The van der Waals surface area contributed by atoms with E-state index >= 15 is 0 Å². The Bertz CT molecular complexity index is 356. The number of phenols is 1. The lowest BCUT2D eigenvalue weighted by Crippen LogP contribution is -2.04. The molecule has 0 aliphatic heterocycles. The summed E-state index contributed by atoms with van der Waals surface area (Å²) in [6, 6.07) is 4.58. The van der Waals surface area contributed by atoms with Gasteiger partial charge in [0.15, 0.2) is 0 Å². The van der Waals surface area contributed by atoms with E-state index in [1.54, 1.807) is 13.0 Å². The Labute approximate surface area is 82.6 Å². The third-order valence-electron chi connectivity index (χ3n) is 1.76. The number of aromatic hydroxyl groups is 1. The van der Waals surface area contributed by atoms with Crippen LogP contribution in [0.25, 0.3) is 0 Å². The summed E-state index contributed by atoms with van der Waals surface area (Å²) < 4.78 is 4.83. The topological polar surface area (TPSA) is 46.5 Å². The fourth-order valence-corrected chi connectivity index (χ4v) is 1.00. The first-order valence-corrected chi connectivity index (χ1v) is 4.23. The summed E-state index contributed by atoms with van der Waals surface area (Å²) in [7, 11) is 0. The first-order valence-electron chi connectivity index (χ1n) is 4.23. The van der Waals surface area contributed by atoms with Gasteiger partial charge in [-0.1, -0.05) is 12.7 Å². The smallest absolute Gasteiger partial charge is 0.338 e. The Hall–Kier alpha value is -1.77. The number of esters is 1. The highest BCUT2D eigenvalue weighted by molar-refractivity contribution is 5.89. The monoisotopic (exact) mass is 192 g/mol. The number of ether oxygens (including phenoxy) is 1. The van der Waals surface area contributed by atoms with Gasteiger partial charge in [0, 0.05) is 0 Å². The summed E-state index contributed by atoms with van der Waals surface area (Å²) in [4.78, 5) is 11.3. The van der Waals surface area contributed by atoms with Crippen LogP contribution in [0.2, 0.25) is 0 Å². The van der Waals surface area contributed by atoms with E-state index in [1.165, 1.54) is 18.2 Å². The van der Waals surface area contributed by atoms with Crippen molar-refractivity contribution < 1.29 is 14.6 Å². The summed E-state index contributed by atoms with van der Waals surface area (Å²) in [5.74, 6) is -0.238. The summed E-state index contributed by atoms with van der Waals surface area (Å²) in [6.07, 6.45) is 1.51. The van der Waals surface area contributed by atoms with E-state index in [0.29, 0.717) is 11.1 Å². The van der Waals surface area contributed by atoms with Crippen LogP contribution in [-0.4, -0.2) is 17.7 Å². The van der Waals surface area contributed by atoms with E-state index in [-0.39, 0.29) is 12.4 Å². The van der Waals surface area contributed by atoms with Crippen molar-refractivity contribution in [1.29, 1.82) is 0 Å². The summed E-state index contributed by atoms with van der Waals surface area (Å²) in [5.41, 5.74) is 1.08. The third kappa shape index (κ3) is 2.36. The quantitative estimate of drug-likeness (QED) is 0.588. The zero-order chi connectivity index (χ0) is 10.6. The molecule has 0 spiro atoms. The molecule has 3 heteroatoms. The van der Waals surface area contributed by atoms with E-state index in [4.69, 9.17) is 4.74 Å². The molecule has 0 unspecified atom stereocenters. The predicted molar refractivity (Wildman–Crippen MR) is 53.3 cm³/mol. The SMILES string of the molecule is C=CCOC(=O)c1ccc(O)c(C)c1. The van der Waals surface area contributed by atoms with Gasteiger partial charge in [-0.05, 0) is 30.7 Å². The van der Waals surface area contributed by atoms with Crippen molar-refractivity contribution in [2.45, 2.75) is 6.92 Å². The minimum absolute atomic E-state index is 0.172. The number of rotatable bonds is 3. The van der Waals surface area contributed by atoms with Crippen LogP contribution < -0.4 is 0 Å². The van der Waals surface area contributed by atoms with Crippen LogP contribution in [0.4, 0.5) is 0 Å². The van der Waals surface area contributed by atoms with E-state index in [2.05, 4.69) is 6.58 Å². The molecule has 0 amide bonds. The van der Waals surface area contributed by atoms with Gasteiger partial charge >= 0.3 is 5.97 Å². The highest BCUT2D eigenvalue weighted by Crippen LogP contribution is 2.17. The van der Waals surface area contributed by atoms with Crippen molar-refractivity contribution >= 4 is 5.97 Å². The minimum Gasteiger partial charge on any atom is -0.508 e. The molecule has 1 aromatic carbocycles. The maximum atomic E-state index is 11.3. The van der Waals surface area contributed by atoms with Crippen molar-refractivity contribution in [3.05, 3.63) is 42.0 Å². The fourth-order valence-electron chi connectivity index (χ4n) is 1.00. The highest BCUT2D eigenvalue weighted by Gasteiger charge is 2.07. The molecule has 1 aromatic rings. The number of benzene rings is 1. The molecule has 0 fully saturated rings. The number of hydrogen-bond donors (Lipinski definition) is 1. The van der Waals surface area contributed by atoms with Crippen molar-refractivity contribution in [2.75, 3.05) is 6.61 Å². The van der Waals surface area contributed by atoms with Gasteiger partial charge in [0.05, 0.1) is 5.56 Å². The van der Waals surface area contributed by atoms with Crippen molar-refractivity contribution in [1.82, 2.24) is 0 Å². The molecule has 0 bridgehead atoms. The second-order valence-corrected chi connectivity index (χ2v) is 2.89. The number of carbonyl (C=O) groups is 1. The van der Waals surface area contributed by atoms with Crippen LogP contribution in [-0.2, 0) is 4.74 Å². The van der Waals surface area contributed by atoms with Gasteiger partial charge in [0.2, 0.25) is 0 Å². The molecule has 0 heterocycles. The van der Waals surface area contributed by atoms with Crippen molar-refractivity contribution in [3.8, 4) is 5.75 Å². The lowest BCUT2D eigenvalue weighted by molar-refractivity contribution is 0.0549. The average Bonchev–Trinajstić information content (AvgIpc) is 2.18. The second kappa shape index (κ2) is 4.46. The highest BCUT2D eigenvalue weighted by atomic mass is 16.5. The van der Waals surface area contributed by atoms with Gasteiger partial charge in [-0.25, -0.2) is 4.79 Å². The molecule has 1 N–H and O–H groups in total. The molecule has 14 heavy (non-hydrogen) atoms. The average molecular weight is 192 g/mol. The Balaban J connectivity index is 2.80. The van der Waals surface area contributed by atoms with Crippen molar-refractivity contribution in [2.24, 2.45) is 0 Å². The molecule has 0 atom stereocenters. The molecular formula is C11H12O3. The molecule has 3 nitrogen and oxygen atoms in total. The fraction of sp³-hybridized carbons (Fsp3) is 0.182. The van der Waals surface area contributed by atoms with Gasteiger partial charge in [0.1, 0.15) is 12.4 Å². The Morgan fingerprint density at radius 2 is 2.36 bits per heavy atom. The summed E-state index contributed by atoms with van der Waals surface area (Å²) in [6.45, 7) is 5.36. The minimum atomic E-state index is -0.409. The van der Waals surface area contributed by atoms with Crippen LogP contribution in [0.1, 0.15) is 15.9 Å². The third-order valence-corrected chi connectivity index (χ3v) is 1.76.